The molecule has 2 aliphatic heterocycles. The van der Waals surface area contributed by atoms with Gasteiger partial charge in [-0.3, -0.25) is 0 Å². The molecule has 2 aromatic heterocycles. The van der Waals surface area contributed by atoms with Crippen LogP contribution in [0.2, 0.25) is 0 Å². The van der Waals surface area contributed by atoms with Crippen LogP contribution in [0.1, 0.15) is 11.4 Å². The Bertz CT molecular complexity index is 2220. The summed E-state index contributed by atoms with van der Waals surface area (Å²) in [7, 11) is 11.9. The minimum absolute atomic E-state index is 0.865. The van der Waals surface area contributed by atoms with Crippen LogP contribution in [0.3, 0.4) is 0 Å². The second-order valence-electron chi connectivity index (χ2n) is 12.6. The molecule has 0 saturated carbocycles. The number of pyridine rings is 2. The Morgan fingerprint density at radius 1 is 0.580 bits per heavy atom. The molecule has 248 valence electrons. The molecular weight excluding hydrogens is 657 g/mol. The maximum atomic E-state index is 5.50. The second-order valence-corrected chi connectivity index (χ2v) is 14.7. The summed E-state index contributed by atoms with van der Waals surface area (Å²) in [5.74, 6) is 1.73. The zero-order valence-electron chi connectivity index (χ0n) is 29.0. The highest BCUT2D eigenvalue weighted by atomic mass is 32.2. The molecule has 0 radical (unpaired) electrons. The number of rotatable bonds is 6. The molecule has 4 heterocycles. The van der Waals surface area contributed by atoms with Gasteiger partial charge in [0.1, 0.15) is 25.6 Å². The zero-order valence-corrected chi connectivity index (χ0v) is 30.6. The van der Waals surface area contributed by atoms with Crippen molar-refractivity contribution in [1.29, 1.82) is 0 Å². The van der Waals surface area contributed by atoms with E-state index in [1.807, 2.05) is 12.1 Å². The number of hydrogen-bond donors (Lipinski definition) is 0. The van der Waals surface area contributed by atoms with Crippen LogP contribution in [0.15, 0.2) is 129 Å². The third kappa shape index (κ3) is 5.68. The summed E-state index contributed by atoms with van der Waals surface area (Å²) < 4.78 is 15.4. The van der Waals surface area contributed by atoms with Crippen molar-refractivity contribution in [2.45, 2.75) is 9.79 Å². The number of methoxy groups -OCH3 is 2. The van der Waals surface area contributed by atoms with E-state index in [2.05, 4.69) is 157 Å². The van der Waals surface area contributed by atoms with E-state index in [0.717, 1.165) is 34.3 Å². The standard InChI is InChI=1S/C42H38N4O2S2/c1-43-19-17-28(21-30(43)23-40-45(3)36-25-32(47-5)13-15-38(36)49-40)34-11-7-9-27-10-8-12-35(42(27)34)29-18-20-44(2)31(22-29)24-41-46(4)37-26-33(48-6)14-16-39(37)50-41/h7-26H,1-6H3/q+2. The predicted octanol–water partition coefficient (Wildman–Crippen LogP) is 8.92. The van der Waals surface area contributed by atoms with E-state index in [0.29, 0.717) is 0 Å². The Balaban J connectivity index is 1.18. The number of hydrogen-bond acceptors (Lipinski definition) is 6. The molecular formula is C42H38N4O2S2+2. The molecule has 0 saturated heterocycles. The number of benzene rings is 4. The topological polar surface area (TPSA) is 32.7 Å². The van der Waals surface area contributed by atoms with Gasteiger partial charge < -0.3 is 19.3 Å². The third-order valence-corrected chi connectivity index (χ3v) is 11.9. The summed E-state index contributed by atoms with van der Waals surface area (Å²) >= 11 is 3.57. The maximum Gasteiger partial charge on any atom is 0.208 e. The molecule has 0 aliphatic carbocycles. The normalized spacial score (nSPS) is 15.2. The molecule has 6 nitrogen and oxygen atoms in total. The quantitative estimate of drug-likeness (QED) is 0.162. The average Bonchev–Trinajstić information content (AvgIpc) is 3.62. The largest absolute Gasteiger partial charge is 0.497 e. The van der Waals surface area contributed by atoms with Crippen LogP contribution >= 0.6 is 23.5 Å². The lowest BCUT2D eigenvalue weighted by atomic mass is 9.91. The number of fused-ring (bicyclic) bond motifs is 3. The van der Waals surface area contributed by atoms with Gasteiger partial charge in [0.05, 0.1) is 35.7 Å². The number of aryl methyl sites for hydroxylation is 2. The van der Waals surface area contributed by atoms with Crippen molar-refractivity contribution in [3.8, 4) is 33.8 Å². The van der Waals surface area contributed by atoms with Crippen LogP contribution in [0.5, 0.6) is 11.5 Å². The first-order valence-corrected chi connectivity index (χ1v) is 18.1. The smallest absolute Gasteiger partial charge is 0.208 e. The molecule has 8 rings (SSSR count). The summed E-state index contributed by atoms with van der Waals surface area (Å²) in [5, 5.41) is 4.80. The molecule has 0 spiro atoms. The predicted molar refractivity (Wildman–Crippen MR) is 208 cm³/mol. The fraction of sp³-hybridized carbons (Fsp3) is 0.143. The summed E-state index contributed by atoms with van der Waals surface area (Å²) in [4.78, 5) is 6.94. The first kappa shape index (κ1) is 32.0. The van der Waals surface area contributed by atoms with Gasteiger partial charge in [-0.05, 0) is 57.3 Å². The maximum absolute atomic E-state index is 5.50. The summed E-state index contributed by atoms with van der Waals surface area (Å²) in [6.45, 7) is 0. The fourth-order valence-electron chi connectivity index (χ4n) is 6.67. The highest BCUT2D eigenvalue weighted by molar-refractivity contribution is 8.04. The Hall–Kier alpha value is -5.18. The Kier molecular flexibility index (Phi) is 8.29. The molecule has 4 aromatic carbocycles. The van der Waals surface area contributed by atoms with Crippen LogP contribution in [-0.4, -0.2) is 28.3 Å². The third-order valence-electron chi connectivity index (χ3n) is 9.59. The van der Waals surface area contributed by atoms with Gasteiger partial charge in [0.15, 0.2) is 12.4 Å². The Morgan fingerprint density at radius 3 is 1.48 bits per heavy atom. The highest BCUT2D eigenvalue weighted by Gasteiger charge is 2.26. The fourth-order valence-corrected chi connectivity index (χ4v) is 8.82. The molecule has 0 bridgehead atoms. The Labute approximate surface area is 301 Å². The van der Waals surface area contributed by atoms with E-state index >= 15 is 0 Å². The summed E-state index contributed by atoms with van der Waals surface area (Å²) in [6, 6.07) is 34.8. The van der Waals surface area contributed by atoms with Gasteiger partial charge in [-0.1, -0.05) is 59.9 Å². The van der Waals surface area contributed by atoms with Gasteiger partial charge in [0.2, 0.25) is 11.4 Å². The average molecular weight is 695 g/mol. The zero-order chi connectivity index (χ0) is 34.5. The highest BCUT2D eigenvalue weighted by Crippen LogP contribution is 2.48. The minimum Gasteiger partial charge on any atom is -0.497 e. The number of nitrogens with zero attached hydrogens (tertiary/aromatic N) is 4. The molecule has 8 heteroatoms. The lowest BCUT2D eigenvalue weighted by molar-refractivity contribution is -0.673. The van der Waals surface area contributed by atoms with Gasteiger partial charge in [-0.15, -0.1) is 0 Å². The van der Waals surface area contributed by atoms with Crippen LogP contribution in [0, 0.1) is 0 Å². The SMILES string of the molecule is COc1ccc2c(c1)N(C)/C(=C/c1cc(-c3cccc4cccc(-c5cc[n+](C)c(/C=C6\Sc7ccc(OC)cc7N6C)c5)c34)cc[n+]1C)S2. The van der Waals surface area contributed by atoms with Crippen LogP contribution < -0.4 is 28.4 Å². The molecule has 0 atom stereocenters. The second kappa shape index (κ2) is 12.9. The number of ether oxygens (including phenoxy) is 2. The number of thioether (sulfide) groups is 2. The van der Waals surface area contributed by atoms with Gasteiger partial charge >= 0.3 is 0 Å². The van der Waals surface area contributed by atoms with E-state index in [9.17, 15) is 0 Å². The lowest BCUT2D eigenvalue weighted by Gasteiger charge is -2.15. The minimum atomic E-state index is 0.865. The van der Waals surface area contributed by atoms with E-state index in [-0.39, 0.29) is 0 Å². The number of aromatic nitrogens is 2. The first-order chi connectivity index (χ1) is 24.3. The Morgan fingerprint density at radius 2 is 1.04 bits per heavy atom. The number of anilines is 2. The van der Waals surface area contributed by atoms with Gasteiger partial charge in [-0.2, -0.15) is 0 Å². The van der Waals surface area contributed by atoms with Crippen molar-refractivity contribution in [1.82, 2.24) is 0 Å². The van der Waals surface area contributed by atoms with Crippen molar-refractivity contribution in [3.63, 3.8) is 0 Å². The van der Waals surface area contributed by atoms with Crippen molar-refractivity contribution in [3.05, 3.63) is 131 Å². The van der Waals surface area contributed by atoms with E-state index in [1.54, 1.807) is 37.7 Å². The van der Waals surface area contributed by atoms with E-state index in [1.165, 1.54) is 52.9 Å². The van der Waals surface area contributed by atoms with Crippen LogP contribution in [0.4, 0.5) is 11.4 Å². The molecule has 2 aliphatic rings. The molecule has 0 N–H and O–H groups in total. The van der Waals surface area contributed by atoms with Gasteiger partial charge in [0, 0.05) is 72.4 Å². The molecule has 0 fully saturated rings. The van der Waals surface area contributed by atoms with Crippen molar-refractivity contribution < 1.29 is 18.6 Å². The van der Waals surface area contributed by atoms with E-state index < -0.39 is 0 Å². The lowest BCUT2D eigenvalue weighted by Crippen LogP contribution is -2.31. The summed E-state index contributed by atoms with van der Waals surface area (Å²) in [5.41, 5.74) is 9.36. The monoisotopic (exact) mass is 694 g/mol. The van der Waals surface area contributed by atoms with Crippen LogP contribution in [-0.2, 0) is 14.1 Å². The summed E-state index contributed by atoms with van der Waals surface area (Å²) in [6.07, 6.45) is 8.87. The molecule has 0 amide bonds. The van der Waals surface area contributed by atoms with Crippen molar-refractivity contribution in [2.75, 3.05) is 38.1 Å². The molecule has 0 unspecified atom stereocenters. The first-order valence-electron chi connectivity index (χ1n) is 16.5. The van der Waals surface area contributed by atoms with Gasteiger partial charge in [0.25, 0.3) is 0 Å². The van der Waals surface area contributed by atoms with Crippen LogP contribution in [0.25, 0.3) is 45.2 Å². The molecule has 6 aromatic rings. The molecule has 50 heavy (non-hydrogen) atoms. The van der Waals surface area contributed by atoms with Crippen molar-refractivity contribution >= 4 is 57.8 Å². The van der Waals surface area contributed by atoms with Gasteiger partial charge in [-0.25, -0.2) is 9.13 Å². The van der Waals surface area contributed by atoms with E-state index in [4.69, 9.17) is 9.47 Å². The van der Waals surface area contributed by atoms with Crippen molar-refractivity contribution in [2.24, 2.45) is 14.1 Å².